The standard InChI is InChI=1S/C28H18N4O/c1-2-20-11-15-23(16-12-20)33-24-17-13-22(14-18-24)27-26(21-8-4-3-5-9-21)30-28(32-31-27)25-10-6-7-19-29-25/h1,3-19H. The Morgan fingerprint density at radius 2 is 1.30 bits per heavy atom. The minimum Gasteiger partial charge on any atom is -0.457 e. The first-order valence-corrected chi connectivity index (χ1v) is 10.4. The monoisotopic (exact) mass is 426 g/mol. The Bertz CT molecular complexity index is 1410. The fourth-order valence-corrected chi connectivity index (χ4v) is 3.36. The summed E-state index contributed by atoms with van der Waals surface area (Å²) in [6.07, 6.45) is 7.13. The van der Waals surface area contributed by atoms with Crippen LogP contribution in [0.5, 0.6) is 11.5 Å². The van der Waals surface area contributed by atoms with Crippen molar-refractivity contribution in [1.29, 1.82) is 0 Å². The Balaban J connectivity index is 1.49. The van der Waals surface area contributed by atoms with Gasteiger partial charge in [-0.1, -0.05) is 42.3 Å². The van der Waals surface area contributed by atoms with Crippen LogP contribution in [0.15, 0.2) is 103 Å². The zero-order chi connectivity index (χ0) is 22.5. The predicted octanol–water partition coefficient (Wildman–Crippen LogP) is 6.04. The van der Waals surface area contributed by atoms with Crippen LogP contribution in [0.25, 0.3) is 34.0 Å². The van der Waals surface area contributed by atoms with Crippen LogP contribution < -0.4 is 4.74 Å². The zero-order valence-electron chi connectivity index (χ0n) is 17.6. The highest BCUT2D eigenvalue weighted by atomic mass is 16.5. The zero-order valence-corrected chi connectivity index (χ0v) is 17.6. The van der Waals surface area contributed by atoms with E-state index in [1.807, 2.05) is 97.1 Å². The third-order valence-corrected chi connectivity index (χ3v) is 5.01. The van der Waals surface area contributed by atoms with E-state index >= 15 is 0 Å². The third-order valence-electron chi connectivity index (χ3n) is 5.01. The summed E-state index contributed by atoms with van der Waals surface area (Å²) in [5, 5.41) is 8.87. The van der Waals surface area contributed by atoms with E-state index in [-0.39, 0.29) is 0 Å². The third kappa shape index (κ3) is 4.46. The van der Waals surface area contributed by atoms with E-state index in [0.29, 0.717) is 28.7 Å². The minimum absolute atomic E-state index is 0.480. The Labute approximate surface area is 191 Å². The van der Waals surface area contributed by atoms with Crippen molar-refractivity contribution in [3.8, 4) is 57.9 Å². The molecule has 5 heteroatoms. The minimum atomic E-state index is 0.480. The van der Waals surface area contributed by atoms with Gasteiger partial charge in [-0.15, -0.1) is 16.6 Å². The molecule has 0 atom stereocenters. The van der Waals surface area contributed by atoms with Crippen LogP contribution in [-0.2, 0) is 0 Å². The van der Waals surface area contributed by atoms with E-state index in [2.05, 4.69) is 21.1 Å². The Hall–Kier alpha value is -4.82. The average Bonchev–Trinajstić information content (AvgIpc) is 2.90. The van der Waals surface area contributed by atoms with E-state index in [0.717, 1.165) is 22.4 Å². The van der Waals surface area contributed by atoms with Crippen LogP contribution >= 0.6 is 0 Å². The van der Waals surface area contributed by atoms with Crippen molar-refractivity contribution >= 4 is 0 Å². The van der Waals surface area contributed by atoms with Crippen LogP contribution in [0.1, 0.15) is 5.56 Å². The maximum atomic E-state index is 5.93. The molecule has 0 aliphatic rings. The molecule has 0 saturated carbocycles. The number of hydrogen-bond acceptors (Lipinski definition) is 5. The van der Waals surface area contributed by atoms with Gasteiger partial charge in [0.1, 0.15) is 28.6 Å². The van der Waals surface area contributed by atoms with Gasteiger partial charge in [0.25, 0.3) is 0 Å². The molecule has 0 fully saturated rings. The summed E-state index contributed by atoms with van der Waals surface area (Å²) in [7, 11) is 0. The summed E-state index contributed by atoms with van der Waals surface area (Å²) in [6.45, 7) is 0. The SMILES string of the molecule is C#Cc1ccc(Oc2ccc(-c3nnc(-c4ccccn4)nc3-c3ccccc3)cc2)cc1. The van der Waals surface area contributed by atoms with Crippen LogP contribution in [-0.4, -0.2) is 20.2 Å². The van der Waals surface area contributed by atoms with Gasteiger partial charge in [0.15, 0.2) is 0 Å². The molecule has 0 N–H and O–H groups in total. The second-order valence-corrected chi connectivity index (χ2v) is 7.21. The smallest absolute Gasteiger partial charge is 0.201 e. The Morgan fingerprint density at radius 3 is 1.97 bits per heavy atom. The van der Waals surface area contributed by atoms with Crippen LogP contribution in [0.4, 0.5) is 0 Å². The molecule has 0 spiro atoms. The van der Waals surface area contributed by atoms with Crippen LogP contribution in [0.2, 0.25) is 0 Å². The number of ether oxygens (including phenoxy) is 1. The fraction of sp³-hybridized carbons (Fsp3) is 0. The molecule has 2 heterocycles. The molecule has 3 aromatic carbocycles. The number of aromatic nitrogens is 4. The molecule has 0 aliphatic heterocycles. The van der Waals surface area contributed by atoms with E-state index in [9.17, 15) is 0 Å². The van der Waals surface area contributed by atoms with Crippen molar-refractivity contribution in [1.82, 2.24) is 20.2 Å². The van der Waals surface area contributed by atoms with Crippen molar-refractivity contribution in [3.05, 3.63) is 109 Å². The lowest BCUT2D eigenvalue weighted by Gasteiger charge is -2.11. The van der Waals surface area contributed by atoms with Crippen molar-refractivity contribution in [3.63, 3.8) is 0 Å². The molecular weight excluding hydrogens is 408 g/mol. The van der Waals surface area contributed by atoms with Crippen molar-refractivity contribution in [2.45, 2.75) is 0 Å². The summed E-state index contributed by atoms with van der Waals surface area (Å²) in [4.78, 5) is 9.17. The maximum Gasteiger partial charge on any atom is 0.201 e. The lowest BCUT2D eigenvalue weighted by molar-refractivity contribution is 0.482. The molecule has 5 nitrogen and oxygen atoms in total. The van der Waals surface area contributed by atoms with E-state index in [1.165, 1.54) is 0 Å². The van der Waals surface area contributed by atoms with Crippen molar-refractivity contribution in [2.75, 3.05) is 0 Å². The molecule has 0 radical (unpaired) electrons. The molecular formula is C28H18N4O. The molecule has 0 bridgehead atoms. The largest absolute Gasteiger partial charge is 0.457 e. The van der Waals surface area contributed by atoms with Crippen molar-refractivity contribution < 1.29 is 4.74 Å². The molecule has 5 rings (SSSR count). The first-order chi connectivity index (χ1) is 16.3. The molecule has 5 aromatic rings. The molecule has 0 aliphatic carbocycles. The summed E-state index contributed by atoms with van der Waals surface area (Å²) in [6, 6.07) is 30.7. The first-order valence-electron chi connectivity index (χ1n) is 10.4. The number of rotatable bonds is 5. The van der Waals surface area contributed by atoms with Gasteiger partial charge >= 0.3 is 0 Å². The quantitative estimate of drug-likeness (QED) is 0.321. The maximum absolute atomic E-state index is 5.93. The lowest BCUT2D eigenvalue weighted by atomic mass is 10.0. The second-order valence-electron chi connectivity index (χ2n) is 7.21. The van der Waals surface area contributed by atoms with Gasteiger partial charge in [-0.05, 0) is 60.7 Å². The fourth-order valence-electron chi connectivity index (χ4n) is 3.36. The van der Waals surface area contributed by atoms with Gasteiger partial charge in [0.05, 0.1) is 0 Å². The number of hydrogen-bond donors (Lipinski definition) is 0. The number of benzene rings is 3. The molecule has 0 saturated heterocycles. The van der Waals surface area contributed by atoms with E-state index < -0.39 is 0 Å². The summed E-state index contributed by atoms with van der Waals surface area (Å²) in [5.41, 5.74) is 4.75. The van der Waals surface area contributed by atoms with E-state index in [4.69, 9.17) is 16.1 Å². The van der Waals surface area contributed by atoms with Gasteiger partial charge in [-0.25, -0.2) is 4.98 Å². The van der Waals surface area contributed by atoms with Crippen LogP contribution in [0.3, 0.4) is 0 Å². The predicted molar refractivity (Wildman–Crippen MR) is 128 cm³/mol. The lowest BCUT2D eigenvalue weighted by Crippen LogP contribution is -2.01. The topological polar surface area (TPSA) is 60.8 Å². The van der Waals surface area contributed by atoms with Gasteiger partial charge in [0, 0.05) is 22.9 Å². The molecule has 156 valence electrons. The second kappa shape index (κ2) is 9.13. The average molecular weight is 426 g/mol. The molecule has 0 amide bonds. The summed E-state index contributed by atoms with van der Waals surface area (Å²) >= 11 is 0. The molecule has 33 heavy (non-hydrogen) atoms. The van der Waals surface area contributed by atoms with E-state index in [1.54, 1.807) is 6.20 Å². The number of pyridine rings is 1. The highest BCUT2D eigenvalue weighted by Gasteiger charge is 2.15. The Morgan fingerprint density at radius 1 is 0.636 bits per heavy atom. The summed E-state index contributed by atoms with van der Waals surface area (Å²) < 4.78 is 5.93. The summed E-state index contributed by atoms with van der Waals surface area (Å²) in [5.74, 6) is 4.50. The molecule has 0 unspecified atom stereocenters. The van der Waals surface area contributed by atoms with Crippen LogP contribution in [0, 0.1) is 12.3 Å². The van der Waals surface area contributed by atoms with Gasteiger partial charge in [-0.2, -0.15) is 0 Å². The highest BCUT2D eigenvalue weighted by Crippen LogP contribution is 2.31. The number of nitrogens with zero attached hydrogens (tertiary/aromatic N) is 4. The van der Waals surface area contributed by atoms with Crippen molar-refractivity contribution in [2.24, 2.45) is 0 Å². The normalized spacial score (nSPS) is 10.4. The van der Waals surface area contributed by atoms with Gasteiger partial charge < -0.3 is 4.74 Å². The van der Waals surface area contributed by atoms with Gasteiger partial charge in [0.2, 0.25) is 5.82 Å². The first kappa shape index (κ1) is 20.1. The highest BCUT2D eigenvalue weighted by molar-refractivity contribution is 5.78. The number of terminal acetylenes is 1. The molecule has 2 aromatic heterocycles. The van der Waals surface area contributed by atoms with Gasteiger partial charge in [-0.3, -0.25) is 4.98 Å². The Kier molecular flexibility index (Phi) is 5.56.